The molecular weight excluding hydrogens is 605 g/mol. The summed E-state index contributed by atoms with van der Waals surface area (Å²) >= 11 is 0. The number of rotatable bonds is 5. The van der Waals surface area contributed by atoms with Crippen LogP contribution in [0.15, 0.2) is 176 Å². The normalized spacial score (nSPS) is 11.9. The van der Waals surface area contributed by atoms with Gasteiger partial charge in [-0.15, -0.1) is 0 Å². The standard InChI is InChI=1S/C48H38N2/c1-48(2,3)34-17-15-16-33(32-34)46-40-22-7-9-24-42(40)47(43-25-10-8-23-41(43)46)49(35-18-5-4-6-19-35)36-28-30-37(31-29-36)50-44-26-13-11-20-38(44)39-21-12-14-27-45(39)50/h4-32H,1-3H3. The highest BCUT2D eigenvalue weighted by Gasteiger charge is 2.23. The average molecular weight is 643 g/mol. The summed E-state index contributed by atoms with van der Waals surface area (Å²) in [6.45, 7) is 6.86. The third-order valence-corrected chi connectivity index (χ3v) is 10.1. The Balaban J connectivity index is 1.29. The number of anilines is 3. The summed E-state index contributed by atoms with van der Waals surface area (Å²) in [6.07, 6.45) is 0. The topological polar surface area (TPSA) is 8.17 Å². The minimum Gasteiger partial charge on any atom is -0.309 e. The van der Waals surface area contributed by atoms with Gasteiger partial charge in [-0.25, -0.2) is 0 Å². The first-order valence-electron chi connectivity index (χ1n) is 17.5. The van der Waals surface area contributed by atoms with Crippen molar-refractivity contribution in [3.05, 3.63) is 181 Å². The Bertz CT molecular complexity index is 2560. The number of aromatic nitrogens is 1. The minimum absolute atomic E-state index is 0.0526. The smallest absolute Gasteiger partial charge is 0.0618 e. The zero-order valence-electron chi connectivity index (χ0n) is 28.6. The van der Waals surface area contributed by atoms with Crippen molar-refractivity contribution in [2.75, 3.05) is 4.90 Å². The lowest BCUT2D eigenvalue weighted by Gasteiger charge is -2.30. The van der Waals surface area contributed by atoms with Crippen LogP contribution in [-0.2, 0) is 5.41 Å². The molecule has 0 saturated carbocycles. The highest BCUT2D eigenvalue weighted by atomic mass is 15.1. The van der Waals surface area contributed by atoms with Crippen LogP contribution in [0.5, 0.6) is 0 Å². The van der Waals surface area contributed by atoms with Gasteiger partial charge in [0.05, 0.1) is 16.7 Å². The Labute approximate surface area is 293 Å². The van der Waals surface area contributed by atoms with Gasteiger partial charge in [-0.1, -0.05) is 148 Å². The van der Waals surface area contributed by atoms with E-state index in [2.05, 4.69) is 206 Å². The van der Waals surface area contributed by atoms with E-state index in [1.807, 2.05) is 0 Å². The Hall–Kier alpha value is -6.12. The summed E-state index contributed by atoms with van der Waals surface area (Å²) in [5.41, 5.74) is 10.9. The van der Waals surface area contributed by atoms with Gasteiger partial charge in [-0.3, -0.25) is 0 Å². The van der Waals surface area contributed by atoms with Gasteiger partial charge in [-0.05, 0) is 81.4 Å². The van der Waals surface area contributed by atoms with Gasteiger partial charge in [0.25, 0.3) is 0 Å². The first-order valence-corrected chi connectivity index (χ1v) is 17.5. The fourth-order valence-corrected chi connectivity index (χ4v) is 7.73. The molecule has 0 unspecified atom stereocenters. The molecule has 0 aliphatic rings. The van der Waals surface area contributed by atoms with Crippen molar-refractivity contribution in [1.29, 1.82) is 0 Å². The van der Waals surface area contributed by atoms with E-state index < -0.39 is 0 Å². The molecule has 0 radical (unpaired) electrons. The maximum absolute atomic E-state index is 2.44. The third kappa shape index (κ3) is 4.87. The first-order chi connectivity index (χ1) is 24.5. The predicted octanol–water partition coefficient (Wildman–Crippen LogP) is 13.5. The van der Waals surface area contributed by atoms with Crippen molar-refractivity contribution in [3.63, 3.8) is 0 Å². The SMILES string of the molecule is CC(C)(C)c1cccc(-c2c3ccccc3c(N(c3ccccc3)c3ccc(-n4c5ccccc5c5ccccc54)cc3)c3ccccc23)c1. The molecule has 8 aromatic carbocycles. The van der Waals surface area contributed by atoms with Gasteiger partial charge in [0.1, 0.15) is 0 Å². The molecule has 2 heteroatoms. The third-order valence-electron chi connectivity index (χ3n) is 10.1. The van der Waals surface area contributed by atoms with E-state index in [-0.39, 0.29) is 5.41 Å². The molecule has 0 bridgehead atoms. The molecule has 0 aliphatic carbocycles. The van der Waals surface area contributed by atoms with Crippen molar-refractivity contribution in [1.82, 2.24) is 4.57 Å². The van der Waals surface area contributed by atoms with E-state index in [0.717, 1.165) is 17.1 Å². The molecule has 0 amide bonds. The van der Waals surface area contributed by atoms with Gasteiger partial charge < -0.3 is 9.47 Å². The van der Waals surface area contributed by atoms with Crippen LogP contribution in [0.25, 0.3) is 60.2 Å². The summed E-state index contributed by atoms with van der Waals surface area (Å²) < 4.78 is 2.38. The number of hydrogen-bond donors (Lipinski definition) is 0. The lowest BCUT2D eigenvalue weighted by molar-refractivity contribution is 0.590. The summed E-state index contributed by atoms with van der Waals surface area (Å²) in [5.74, 6) is 0. The molecule has 1 heterocycles. The van der Waals surface area contributed by atoms with Gasteiger partial charge >= 0.3 is 0 Å². The highest BCUT2D eigenvalue weighted by molar-refractivity contribution is 6.22. The van der Waals surface area contributed by atoms with Crippen LogP contribution in [0.2, 0.25) is 0 Å². The van der Waals surface area contributed by atoms with Crippen LogP contribution in [0.1, 0.15) is 26.3 Å². The maximum atomic E-state index is 2.44. The molecule has 1 aromatic heterocycles. The van der Waals surface area contributed by atoms with Crippen LogP contribution in [-0.4, -0.2) is 4.57 Å². The molecule has 0 atom stereocenters. The van der Waals surface area contributed by atoms with Crippen molar-refractivity contribution >= 4 is 60.4 Å². The van der Waals surface area contributed by atoms with Crippen LogP contribution in [0, 0.1) is 0 Å². The Morgan fingerprint density at radius 1 is 0.420 bits per heavy atom. The second-order valence-electron chi connectivity index (χ2n) is 14.2. The first kappa shape index (κ1) is 30.0. The lowest BCUT2D eigenvalue weighted by atomic mass is 9.83. The van der Waals surface area contributed by atoms with Gasteiger partial charge in [-0.2, -0.15) is 0 Å². The number of hydrogen-bond acceptors (Lipinski definition) is 1. The van der Waals surface area contributed by atoms with Crippen LogP contribution >= 0.6 is 0 Å². The summed E-state index contributed by atoms with van der Waals surface area (Å²) in [7, 11) is 0. The molecular formula is C48H38N2. The number of benzene rings is 8. The number of fused-ring (bicyclic) bond motifs is 5. The number of nitrogens with zero attached hydrogens (tertiary/aromatic N) is 2. The summed E-state index contributed by atoms with van der Waals surface area (Å²) in [6, 6.07) is 64.2. The highest BCUT2D eigenvalue weighted by Crippen LogP contribution is 2.48. The predicted molar refractivity (Wildman–Crippen MR) is 215 cm³/mol. The molecule has 9 aromatic rings. The van der Waals surface area contributed by atoms with Crippen molar-refractivity contribution in [3.8, 4) is 16.8 Å². The zero-order valence-corrected chi connectivity index (χ0v) is 28.6. The van der Waals surface area contributed by atoms with E-state index in [4.69, 9.17) is 0 Å². The average Bonchev–Trinajstić information content (AvgIpc) is 3.49. The minimum atomic E-state index is 0.0526. The van der Waals surface area contributed by atoms with Crippen LogP contribution in [0.3, 0.4) is 0 Å². The molecule has 9 rings (SSSR count). The lowest BCUT2D eigenvalue weighted by Crippen LogP contribution is -2.12. The molecule has 240 valence electrons. The van der Waals surface area contributed by atoms with Crippen molar-refractivity contribution in [2.24, 2.45) is 0 Å². The second kappa shape index (κ2) is 11.8. The summed E-state index contributed by atoms with van der Waals surface area (Å²) in [4.78, 5) is 2.44. The van der Waals surface area contributed by atoms with Crippen molar-refractivity contribution < 1.29 is 0 Å². The molecule has 0 aliphatic heterocycles. The maximum Gasteiger partial charge on any atom is 0.0618 e. The fraction of sp³-hybridized carbons (Fsp3) is 0.0833. The van der Waals surface area contributed by atoms with E-state index in [0.29, 0.717) is 0 Å². The second-order valence-corrected chi connectivity index (χ2v) is 14.2. The molecule has 0 fully saturated rings. The molecule has 0 N–H and O–H groups in total. The van der Waals surface area contributed by atoms with Crippen LogP contribution < -0.4 is 4.90 Å². The Morgan fingerprint density at radius 3 is 1.46 bits per heavy atom. The van der Waals surface area contributed by atoms with E-state index in [9.17, 15) is 0 Å². The summed E-state index contributed by atoms with van der Waals surface area (Å²) in [5, 5.41) is 7.47. The quantitative estimate of drug-likeness (QED) is 0.170. The zero-order chi connectivity index (χ0) is 33.8. The largest absolute Gasteiger partial charge is 0.309 e. The molecule has 2 nitrogen and oxygen atoms in total. The number of para-hydroxylation sites is 3. The molecule has 50 heavy (non-hydrogen) atoms. The van der Waals surface area contributed by atoms with E-state index in [1.54, 1.807) is 0 Å². The van der Waals surface area contributed by atoms with Gasteiger partial charge in [0, 0.05) is 38.6 Å². The van der Waals surface area contributed by atoms with Gasteiger partial charge in [0.2, 0.25) is 0 Å². The Kier molecular flexibility index (Phi) is 7.07. The van der Waals surface area contributed by atoms with Crippen molar-refractivity contribution in [2.45, 2.75) is 26.2 Å². The Morgan fingerprint density at radius 2 is 0.900 bits per heavy atom. The van der Waals surface area contributed by atoms with E-state index in [1.165, 1.54) is 65.7 Å². The van der Waals surface area contributed by atoms with E-state index >= 15 is 0 Å². The monoisotopic (exact) mass is 642 g/mol. The van der Waals surface area contributed by atoms with Gasteiger partial charge in [0.15, 0.2) is 0 Å². The molecule has 0 spiro atoms. The molecule has 0 saturated heterocycles. The fourth-order valence-electron chi connectivity index (χ4n) is 7.73. The van der Waals surface area contributed by atoms with Crippen LogP contribution in [0.4, 0.5) is 17.1 Å².